The van der Waals surface area contributed by atoms with E-state index in [0.717, 1.165) is 47.9 Å². The van der Waals surface area contributed by atoms with E-state index < -0.39 is 5.92 Å². The quantitative estimate of drug-likeness (QED) is 0.777. The molecule has 2 aliphatic carbocycles. The van der Waals surface area contributed by atoms with Gasteiger partial charge in [-0.3, -0.25) is 9.59 Å². The average molecular weight is 318 g/mol. The number of Topliss-reactive ketones (excluding diaryl/α,β-unsaturated/α-hetero) is 2. The number of hydrogen-bond acceptors (Lipinski definition) is 2. The Kier molecular flexibility index (Phi) is 3.84. The van der Waals surface area contributed by atoms with Crippen LogP contribution in [0.3, 0.4) is 0 Å². The number of carbonyl (C=O) groups is 2. The molecule has 2 nitrogen and oxygen atoms in total. The predicted molar refractivity (Wildman–Crippen MR) is 94.8 cm³/mol. The highest BCUT2D eigenvalue weighted by molar-refractivity contribution is 6.12. The van der Waals surface area contributed by atoms with Crippen LogP contribution in [-0.2, 0) is 16.0 Å². The largest absolute Gasteiger partial charge is 0.298 e. The molecule has 2 aliphatic rings. The fraction of sp³-hybridized carbons (Fsp3) is 0.364. The first-order valence-corrected chi connectivity index (χ1v) is 8.94. The smallest absolute Gasteiger partial charge is 0.150 e. The van der Waals surface area contributed by atoms with Gasteiger partial charge >= 0.3 is 0 Å². The van der Waals surface area contributed by atoms with Crippen molar-refractivity contribution >= 4 is 11.6 Å². The van der Waals surface area contributed by atoms with Crippen molar-refractivity contribution in [1.29, 1.82) is 0 Å². The van der Waals surface area contributed by atoms with E-state index in [9.17, 15) is 9.59 Å². The number of aryl methyl sites for hydroxylation is 1. The van der Waals surface area contributed by atoms with Crippen LogP contribution in [0.15, 0.2) is 48.5 Å². The first kappa shape index (κ1) is 15.3. The van der Waals surface area contributed by atoms with E-state index >= 15 is 0 Å². The summed E-state index contributed by atoms with van der Waals surface area (Å²) in [5, 5.41) is 0. The molecule has 0 aliphatic heterocycles. The molecule has 2 fully saturated rings. The van der Waals surface area contributed by atoms with Crippen LogP contribution < -0.4 is 0 Å². The molecule has 0 saturated heterocycles. The maximum atomic E-state index is 12.9. The summed E-state index contributed by atoms with van der Waals surface area (Å²) in [5.74, 6) is -0.0113. The summed E-state index contributed by atoms with van der Waals surface area (Å²) in [6.07, 6.45) is 3.42. The normalized spacial score (nSPS) is 26.0. The predicted octanol–water partition coefficient (Wildman–Crippen LogP) is 4.57. The molecule has 2 saturated carbocycles. The van der Waals surface area contributed by atoms with Crippen LogP contribution >= 0.6 is 0 Å². The molecule has 2 aromatic carbocycles. The van der Waals surface area contributed by atoms with Gasteiger partial charge in [0, 0.05) is 11.8 Å². The molecule has 0 aromatic heterocycles. The minimum atomic E-state index is -0.533. The standard InChI is InChI=1S/C22H22O2/c1-2-14-8-9-16(15-6-4-3-5-7-15)13-19(14)20-21(23)17-10-11-18(12-17)22(20)24/h3-9,13,17-18,20H,2,10-12H2,1H3/t17-,18+,20?. The number of fused-ring (bicyclic) bond motifs is 2. The minimum absolute atomic E-state index is 0.0998. The van der Waals surface area contributed by atoms with Gasteiger partial charge in [-0.05, 0) is 54.0 Å². The summed E-state index contributed by atoms with van der Waals surface area (Å²) in [7, 11) is 0. The lowest BCUT2D eigenvalue weighted by Gasteiger charge is -2.27. The SMILES string of the molecule is CCc1ccc(-c2ccccc2)cc1C1C(=O)[C@@H]2CC[C@@H](C2)C1=O. The second kappa shape index (κ2) is 6.01. The molecule has 0 spiro atoms. The summed E-state index contributed by atoms with van der Waals surface area (Å²) in [5.41, 5.74) is 4.29. The van der Waals surface area contributed by atoms with Crippen LogP contribution in [0.5, 0.6) is 0 Å². The van der Waals surface area contributed by atoms with E-state index in [-0.39, 0.29) is 23.4 Å². The van der Waals surface area contributed by atoms with Crippen LogP contribution in [-0.4, -0.2) is 11.6 Å². The molecular formula is C22H22O2. The van der Waals surface area contributed by atoms with Crippen molar-refractivity contribution < 1.29 is 9.59 Å². The zero-order valence-corrected chi connectivity index (χ0v) is 14.0. The molecule has 0 N–H and O–H groups in total. The number of ketones is 2. The van der Waals surface area contributed by atoms with E-state index in [1.54, 1.807) is 0 Å². The Morgan fingerprint density at radius 2 is 1.54 bits per heavy atom. The third-order valence-corrected chi connectivity index (χ3v) is 5.75. The van der Waals surface area contributed by atoms with Gasteiger partial charge in [-0.2, -0.15) is 0 Å². The Labute approximate surface area is 142 Å². The molecule has 0 heterocycles. The third-order valence-electron chi connectivity index (χ3n) is 5.75. The van der Waals surface area contributed by atoms with Gasteiger partial charge in [-0.15, -0.1) is 0 Å². The Balaban J connectivity index is 1.81. The van der Waals surface area contributed by atoms with Crippen molar-refractivity contribution in [3.63, 3.8) is 0 Å². The number of hydrogen-bond donors (Lipinski definition) is 0. The maximum Gasteiger partial charge on any atom is 0.150 e. The third kappa shape index (κ3) is 2.41. The van der Waals surface area contributed by atoms with Crippen molar-refractivity contribution in [3.05, 3.63) is 59.7 Å². The fourth-order valence-corrected chi connectivity index (χ4v) is 4.41. The van der Waals surface area contributed by atoms with Crippen molar-refractivity contribution in [3.8, 4) is 11.1 Å². The van der Waals surface area contributed by atoms with Crippen LogP contribution in [0.1, 0.15) is 43.2 Å². The van der Waals surface area contributed by atoms with Gasteiger partial charge in [0.25, 0.3) is 0 Å². The topological polar surface area (TPSA) is 34.1 Å². The van der Waals surface area contributed by atoms with Crippen LogP contribution in [0.25, 0.3) is 11.1 Å². The van der Waals surface area contributed by atoms with E-state index in [1.807, 2.05) is 18.2 Å². The molecule has 0 amide bonds. The van der Waals surface area contributed by atoms with Gasteiger partial charge in [0.05, 0.1) is 0 Å². The van der Waals surface area contributed by atoms with E-state index in [2.05, 4.69) is 37.3 Å². The lowest BCUT2D eigenvalue weighted by molar-refractivity contribution is -0.135. The highest BCUT2D eigenvalue weighted by Crippen LogP contribution is 2.45. The second-order valence-corrected chi connectivity index (χ2v) is 7.08. The second-order valence-electron chi connectivity index (χ2n) is 7.08. The zero-order chi connectivity index (χ0) is 16.7. The molecule has 122 valence electrons. The lowest BCUT2D eigenvalue weighted by Crippen LogP contribution is -2.35. The Bertz CT molecular complexity index is 769. The zero-order valence-electron chi connectivity index (χ0n) is 14.0. The Morgan fingerprint density at radius 1 is 0.875 bits per heavy atom. The lowest BCUT2D eigenvalue weighted by atomic mass is 9.73. The van der Waals surface area contributed by atoms with Crippen LogP contribution in [0.4, 0.5) is 0 Å². The summed E-state index contributed by atoms with van der Waals surface area (Å²) in [4.78, 5) is 25.8. The van der Waals surface area contributed by atoms with Gasteiger partial charge in [-0.1, -0.05) is 49.4 Å². The molecule has 2 bridgehead atoms. The van der Waals surface area contributed by atoms with Crippen LogP contribution in [0, 0.1) is 11.8 Å². The first-order chi connectivity index (χ1) is 11.7. The molecular weight excluding hydrogens is 296 g/mol. The summed E-state index contributed by atoms with van der Waals surface area (Å²) in [6, 6.07) is 16.4. The molecule has 24 heavy (non-hydrogen) atoms. The van der Waals surface area contributed by atoms with E-state index in [1.165, 1.54) is 0 Å². The summed E-state index contributed by atoms with van der Waals surface area (Å²) in [6.45, 7) is 2.09. The molecule has 0 radical (unpaired) electrons. The molecule has 2 heteroatoms. The fourth-order valence-electron chi connectivity index (χ4n) is 4.41. The van der Waals surface area contributed by atoms with E-state index in [0.29, 0.717) is 0 Å². The summed E-state index contributed by atoms with van der Waals surface area (Å²) >= 11 is 0. The minimum Gasteiger partial charge on any atom is -0.298 e. The van der Waals surface area contributed by atoms with Gasteiger partial charge in [0.2, 0.25) is 0 Å². The summed E-state index contributed by atoms with van der Waals surface area (Å²) < 4.78 is 0. The van der Waals surface area contributed by atoms with Crippen molar-refractivity contribution in [2.75, 3.05) is 0 Å². The Morgan fingerprint density at radius 3 is 2.17 bits per heavy atom. The van der Waals surface area contributed by atoms with Crippen molar-refractivity contribution in [2.24, 2.45) is 11.8 Å². The number of benzene rings is 2. The van der Waals surface area contributed by atoms with Gasteiger partial charge in [0.1, 0.15) is 5.92 Å². The highest BCUT2D eigenvalue weighted by Gasteiger charge is 2.47. The van der Waals surface area contributed by atoms with Crippen LogP contribution in [0.2, 0.25) is 0 Å². The monoisotopic (exact) mass is 318 g/mol. The highest BCUT2D eigenvalue weighted by atomic mass is 16.2. The van der Waals surface area contributed by atoms with Crippen molar-refractivity contribution in [1.82, 2.24) is 0 Å². The van der Waals surface area contributed by atoms with Crippen molar-refractivity contribution in [2.45, 2.75) is 38.5 Å². The molecule has 3 atom stereocenters. The van der Waals surface area contributed by atoms with Gasteiger partial charge in [-0.25, -0.2) is 0 Å². The van der Waals surface area contributed by atoms with E-state index in [4.69, 9.17) is 0 Å². The molecule has 2 aromatic rings. The molecule has 1 unspecified atom stereocenters. The molecule has 4 rings (SSSR count). The first-order valence-electron chi connectivity index (χ1n) is 8.94. The maximum absolute atomic E-state index is 12.9. The van der Waals surface area contributed by atoms with Gasteiger partial charge < -0.3 is 0 Å². The van der Waals surface area contributed by atoms with Gasteiger partial charge in [0.15, 0.2) is 11.6 Å². The Hall–Kier alpha value is -2.22. The average Bonchev–Trinajstić information content (AvgIpc) is 3.08. The number of carbonyl (C=O) groups excluding carboxylic acids is 2. The number of rotatable bonds is 3.